The van der Waals surface area contributed by atoms with Gasteiger partial charge in [-0.15, -0.1) is 0 Å². The third kappa shape index (κ3) is 5.32. The number of hydrogen-bond acceptors (Lipinski definition) is 5. The molecular weight excluding hydrogens is 449 g/mol. The molecular formula is C26H36FN5O3. The number of likely N-dealkylation sites (N-methyl/N-ethyl adjacent to an activating group) is 1. The van der Waals surface area contributed by atoms with Crippen molar-refractivity contribution < 1.29 is 18.8 Å². The minimum absolute atomic E-state index is 0.0115. The number of nitrogens with zero attached hydrogens (tertiary/aromatic N) is 4. The normalized spacial score (nSPS) is 22.2. The van der Waals surface area contributed by atoms with Crippen molar-refractivity contribution in [2.45, 2.75) is 70.1 Å². The molecule has 9 heteroatoms. The van der Waals surface area contributed by atoms with Gasteiger partial charge in [-0.2, -0.15) is 5.26 Å². The van der Waals surface area contributed by atoms with Crippen LogP contribution in [0.5, 0.6) is 0 Å². The first kappa shape index (κ1) is 26.6. The van der Waals surface area contributed by atoms with Gasteiger partial charge in [0, 0.05) is 45.1 Å². The molecule has 8 nitrogen and oxygen atoms in total. The van der Waals surface area contributed by atoms with Crippen LogP contribution in [0.1, 0.15) is 52.5 Å². The van der Waals surface area contributed by atoms with Gasteiger partial charge in [0.1, 0.15) is 17.8 Å². The highest BCUT2D eigenvalue weighted by atomic mass is 19.1. The SMILES string of the molecule is CCN(CC)CCC(=O)N(C)[C@@H](CC(C)(C)F)C(=O)N1C[C@]2(C[C@H]1C#N)C(=O)Nc1ccccc12. The van der Waals surface area contributed by atoms with Crippen LogP contribution in [0, 0.1) is 11.3 Å². The van der Waals surface area contributed by atoms with Crippen molar-refractivity contribution in [2.24, 2.45) is 0 Å². The Morgan fingerprint density at radius 2 is 1.97 bits per heavy atom. The van der Waals surface area contributed by atoms with Crippen molar-refractivity contribution in [3.63, 3.8) is 0 Å². The molecule has 0 aromatic heterocycles. The van der Waals surface area contributed by atoms with Crippen molar-refractivity contribution in [1.29, 1.82) is 5.26 Å². The molecule has 0 aliphatic carbocycles. The Morgan fingerprint density at radius 3 is 2.57 bits per heavy atom. The Hall–Kier alpha value is -2.99. The van der Waals surface area contributed by atoms with Gasteiger partial charge < -0.3 is 20.0 Å². The van der Waals surface area contributed by atoms with Crippen LogP contribution in [0.15, 0.2) is 24.3 Å². The number of nitriles is 1. The van der Waals surface area contributed by atoms with E-state index in [1.54, 1.807) is 6.07 Å². The highest BCUT2D eigenvalue weighted by molar-refractivity contribution is 6.07. The summed E-state index contributed by atoms with van der Waals surface area (Å²) in [5, 5.41) is 12.8. The second kappa shape index (κ2) is 10.3. The summed E-state index contributed by atoms with van der Waals surface area (Å²) in [5.74, 6) is -1.01. The summed E-state index contributed by atoms with van der Waals surface area (Å²) in [4.78, 5) is 44.7. The fourth-order valence-electron chi connectivity index (χ4n) is 5.17. The van der Waals surface area contributed by atoms with Crippen LogP contribution >= 0.6 is 0 Å². The Bertz CT molecular complexity index is 1010. The van der Waals surface area contributed by atoms with E-state index in [1.165, 1.54) is 30.7 Å². The van der Waals surface area contributed by atoms with E-state index in [0.29, 0.717) is 12.2 Å². The number of para-hydroxylation sites is 1. The average Bonchev–Trinajstić information content (AvgIpc) is 3.35. The predicted molar refractivity (Wildman–Crippen MR) is 131 cm³/mol. The number of fused-ring (bicyclic) bond motifs is 2. The van der Waals surface area contributed by atoms with E-state index >= 15 is 0 Å². The Kier molecular flexibility index (Phi) is 7.85. The molecule has 2 aliphatic rings. The third-order valence-electron chi connectivity index (χ3n) is 7.28. The van der Waals surface area contributed by atoms with Crippen LogP contribution in [-0.2, 0) is 19.8 Å². The molecule has 190 valence electrons. The predicted octanol–water partition coefficient (Wildman–Crippen LogP) is 2.70. The quantitative estimate of drug-likeness (QED) is 0.580. The zero-order valence-corrected chi connectivity index (χ0v) is 21.3. The fraction of sp³-hybridized carbons (Fsp3) is 0.615. The lowest BCUT2D eigenvalue weighted by Gasteiger charge is -2.35. The number of alkyl halides is 1. The number of benzene rings is 1. The smallest absolute Gasteiger partial charge is 0.246 e. The molecule has 3 atom stereocenters. The maximum absolute atomic E-state index is 14.8. The van der Waals surface area contributed by atoms with Gasteiger partial charge in [0.25, 0.3) is 0 Å². The van der Waals surface area contributed by atoms with E-state index in [4.69, 9.17) is 0 Å². The maximum atomic E-state index is 14.8. The first-order valence-electron chi connectivity index (χ1n) is 12.3. The number of amides is 3. The highest BCUT2D eigenvalue weighted by Crippen LogP contribution is 2.46. The van der Waals surface area contributed by atoms with E-state index in [-0.39, 0.29) is 37.6 Å². The lowest BCUT2D eigenvalue weighted by atomic mass is 9.80. The van der Waals surface area contributed by atoms with Crippen molar-refractivity contribution in [1.82, 2.24) is 14.7 Å². The van der Waals surface area contributed by atoms with Crippen molar-refractivity contribution in [3.8, 4) is 6.07 Å². The first-order valence-corrected chi connectivity index (χ1v) is 12.3. The summed E-state index contributed by atoms with van der Waals surface area (Å²) in [7, 11) is 1.52. The van der Waals surface area contributed by atoms with Gasteiger partial charge in [0.15, 0.2) is 0 Å². The van der Waals surface area contributed by atoms with E-state index in [1.807, 2.05) is 32.0 Å². The first-order chi connectivity index (χ1) is 16.5. The molecule has 0 saturated carbocycles. The second-order valence-electron chi connectivity index (χ2n) is 10.1. The lowest BCUT2D eigenvalue weighted by Crippen LogP contribution is -2.53. The molecule has 1 aromatic carbocycles. The number of anilines is 1. The number of carbonyl (C=O) groups excluding carboxylic acids is 3. The number of halogens is 1. The standard InChI is InChI=1S/C26H36FN5O3/c1-6-31(7-2)13-12-22(33)30(5)21(15-25(3,4)27)23(34)32-17-26(14-18(32)16-28)19-10-8-9-11-20(19)29-24(26)35/h8-11,18,21H,6-7,12-15,17H2,1-5H3,(H,29,35)/t18-,21-,26-/m0/s1. The highest BCUT2D eigenvalue weighted by Gasteiger charge is 2.56. The molecule has 0 bridgehead atoms. The summed E-state index contributed by atoms with van der Waals surface area (Å²) in [6, 6.07) is 7.49. The van der Waals surface area contributed by atoms with Gasteiger partial charge >= 0.3 is 0 Å². The molecule has 1 fully saturated rings. The minimum atomic E-state index is -1.72. The minimum Gasteiger partial charge on any atom is -0.334 e. The summed E-state index contributed by atoms with van der Waals surface area (Å²) >= 11 is 0. The van der Waals surface area contributed by atoms with Gasteiger partial charge in [0.2, 0.25) is 17.7 Å². The molecule has 1 N–H and O–H groups in total. The zero-order valence-electron chi connectivity index (χ0n) is 21.3. The summed E-state index contributed by atoms with van der Waals surface area (Å²) in [5.41, 5.74) is -1.32. The molecule has 1 aromatic rings. The van der Waals surface area contributed by atoms with E-state index in [0.717, 1.165) is 18.7 Å². The average molecular weight is 486 g/mol. The fourth-order valence-corrected chi connectivity index (χ4v) is 5.17. The van der Waals surface area contributed by atoms with E-state index in [2.05, 4.69) is 16.3 Å². The van der Waals surface area contributed by atoms with Gasteiger partial charge in [-0.25, -0.2) is 4.39 Å². The van der Waals surface area contributed by atoms with Crippen LogP contribution in [0.3, 0.4) is 0 Å². The summed E-state index contributed by atoms with van der Waals surface area (Å²) < 4.78 is 14.8. The molecule has 3 amide bonds. The molecule has 2 aliphatic heterocycles. The Labute approximate surface area is 207 Å². The topological polar surface area (TPSA) is 96.8 Å². The molecule has 1 spiro atoms. The van der Waals surface area contributed by atoms with Crippen molar-refractivity contribution >= 4 is 23.4 Å². The van der Waals surface area contributed by atoms with Crippen molar-refractivity contribution in [3.05, 3.63) is 29.8 Å². The number of likely N-dealkylation sites (tertiary alicyclic amines) is 1. The largest absolute Gasteiger partial charge is 0.334 e. The van der Waals surface area contributed by atoms with Crippen LogP contribution in [-0.4, -0.2) is 83.4 Å². The molecule has 0 radical (unpaired) electrons. The Balaban J connectivity index is 1.88. The molecule has 2 heterocycles. The second-order valence-corrected chi connectivity index (χ2v) is 10.1. The maximum Gasteiger partial charge on any atom is 0.246 e. The van der Waals surface area contributed by atoms with Gasteiger partial charge in [-0.3, -0.25) is 14.4 Å². The Morgan fingerprint density at radius 1 is 1.31 bits per heavy atom. The summed E-state index contributed by atoms with van der Waals surface area (Å²) in [6.45, 7) is 8.92. The van der Waals surface area contributed by atoms with Crippen molar-refractivity contribution in [2.75, 3.05) is 38.5 Å². The molecule has 35 heavy (non-hydrogen) atoms. The van der Waals surface area contributed by atoms with Gasteiger partial charge in [-0.05, 0) is 38.6 Å². The summed E-state index contributed by atoms with van der Waals surface area (Å²) in [6.07, 6.45) is 0.156. The molecule has 1 saturated heterocycles. The van der Waals surface area contributed by atoms with Gasteiger partial charge in [-0.1, -0.05) is 32.0 Å². The van der Waals surface area contributed by atoms with Crippen LogP contribution < -0.4 is 5.32 Å². The van der Waals surface area contributed by atoms with E-state index in [9.17, 15) is 24.0 Å². The number of hydrogen-bond donors (Lipinski definition) is 1. The van der Waals surface area contributed by atoms with Crippen LogP contribution in [0.4, 0.5) is 10.1 Å². The monoisotopic (exact) mass is 485 g/mol. The molecule has 3 rings (SSSR count). The number of rotatable bonds is 9. The van der Waals surface area contributed by atoms with E-state index < -0.39 is 29.1 Å². The molecule has 0 unspecified atom stereocenters. The zero-order chi connectivity index (χ0) is 26.0. The lowest BCUT2D eigenvalue weighted by molar-refractivity contribution is -0.146. The van der Waals surface area contributed by atoms with Crippen LogP contribution in [0.2, 0.25) is 0 Å². The van der Waals surface area contributed by atoms with Gasteiger partial charge in [0.05, 0.1) is 11.5 Å². The number of carbonyl (C=O) groups is 3. The number of nitrogens with one attached hydrogen (secondary N) is 1. The van der Waals surface area contributed by atoms with Crippen LogP contribution in [0.25, 0.3) is 0 Å². The third-order valence-corrected chi connectivity index (χ3v) is 7.28.